The van der Waals surface area contributed by atoms with Crippen molar-refractivity contribution in [3.8, 4) is 5.75 Å². The predicted molar refractivity (Wildman–Crippen MR) is 95.7 cm³/mol. The smallest absolute Gasteiger partial charge is 0.119 e. The number of methoxy groups -OCH3 is 1. The minimum absolute atomic E-state index is 0. The molecule has 1 aliphatic heterocycles. The van der Waals surface area contributed by atoms with Crippen LogP contribution >= 0.6 is 0 Å². The van der Waals surface area contributed by atoms with Crippen molar-refractivity contribution in [1.29, 1.82) is 0 Å². The number of rotatable bonds is 5. The average Bonchev–Trinajstić information content (AvgIpc) is 2.61. The number of piperidine rings is 1. The molecule has 0 aromatic heterocycles. The van der Waals surface area contributed by atoms with Crippen molar-refractivity contribution in [2.75, 3.05) is 27.2 Å². The summed E-state index contributed by atoms with van der Waals surface area (Å²) >= 11 is 0. The molecule has 0 bridgehead atoms. The van der Waals surface area contributed by atoms with Crippen LogP contribution in [0.1, 0.15) is 36.4 Å². The van der Waals surface area contributed by atoms with Gasteiger partial charge in [-0.2, -0.15) is 0 Å². The summed E-state index contributed by atoms with van der Waals surface area (Å²) in [5, 5.41) is 0. The molecule has 1 unspecified atom stereocenters. The van der Waals surface area contributed by atoms with Crippen LogP contribution in [0.4, 0.5) is 0 Å². The number of benzene rings is 2. The normalized spacial score (nSPS) is 17.6. The van der Waals surface area contributed by atoms with E-state index in [0.717, 1.165) is 16.7 Å². The zero-order valence-corrected chi connectivity index (χ0v) is 16.9. The minimum atomic E-state index is 0. The van der Waals surface area contributed by atoms with E-state index >= 15 is 0 Å². The lowest BCUT2D eigenvalue weighted by molar-refractivity contribution is -0.943. The third kappa shape index (κ3) is 4.51. The van der Waals surface area contributed by atoms with Crippen LogP contribution in [0.25, 0.3) is 0 Å². The first-order valence-corrected chi connectivity index (χ1v) is 8.73. The first-order valence-electron chi connectivity index (χ1n) is 8.73. The Bertz CT molecular complexity index is 605. The summed E-state index contributed by atoms with van der Waals surface area (Å²) in [6.45, 7) is 2.56. The SMILES string of the molecule is COc1ccc(C(Cc2ccccc2)[N+]2(C)CCCCC2)cc1.[I-]. The molecule has 0 saturated carbocycles. The summed E-state index contributed by atoms with van der Waals surface area (Å²) in [5.74, 6) is 0.938. The molecule has 24 heavy (non-hydrogen) atoms. The first-order chi connectivity index (χ1) is 11.2. The Morgan fingerprint density at radius 3 is 2.12 bits per heavy atom. The van der Waals surface area contributed by atoms with E-state index in [-0.39, 0.29) is 24.0 Å². The van der Waals surface area contributed by atoms with Gasteiger partial charge in [-0.25, -0.2) is 0 Å². The maximum Gasteiger partial charge on any atom is 0.119 e. The number of likely N-dealkylation sites (N-methyl/N-ethyl adjacent to an activating group) is 1. The lowest BCUT2D eigenvalue weighted by atomic mass is 9.93. The molecule has 3 heteroatoms. The van der Waals surface area contributed by atoms with Crippen molar-refractivity contribution in [1.82, 2.24) is 0 Å². The van der Waals surface area contributed by atoms with E-state index in [2.05, 4.69) is 61.6 Å². The van der Waals surface area contributed by atoms with E-state index in [1.54, 1.807) is 7.11 Å². The Kier molecular flexibility index (Phi) is 7.11. The van der Waals surface area contributed by atoms with E-state index in [4.69, 9.17) is 4.74 Å². The minimum Gasteiger partial charge on any atom is -1.00 e. The molecule has 1 heterocycles. The second-order valence-electron chi connectivity index (χ2n) is 6.97. The maximum absolute atomic E-state index is 5.33. The molecule has 0 aliphatic carbocycles. The Hall–Kier alpha value is -1.07. The molecule has 1 aliphatic rings. The molecule has 2 aromatic rings. The summed E-state index contributed by atoms with van der Waals surface area (Å²) < 4.78 is 6.49. The highest BCUT2D eigenvalue weighted by atomic mass is 127. The second-order valence-corrected chi connectivity index (χ2v) is 6.97. The summed E-state index contributed by atoms with van der Waals surface area (Å²) in [5.41, 5.74) is 2.86. The fraction of sp³-hybridized carbons (Fsp3) is 0.429. The van der Waals surface area contributed by atoms with Crippen LogP contribution in [0.2, 0.25) is 0 Å². The maximum atomic E-state index is 5.33. The fourth-order valence-electron chi connectivity index (χ4n) is 3.91. The third-order valence-corrected chi connectivity index (χ3v) is 5.36. The summed E-state index contributed by atoms with van der Waals surface area (Å²) in [6, 6.07) is 20.1. The average molecular weight is 437 g/mol. The van der Waals surface area contributed by atoms with Crippen LogP contribution in [0.3, 0.4) is 0 Å². The molecule has 0 spiro atoms. The van der Waals surface area contributed by atoms with Crippen molar-refractivity contribution >= 4 is 0 Å². The van der Waals surface area contributed by atoms with Gasteiger partial charge in [0.1, 0.15) is 11.8 Å². The van der Waals surface area contributed by atoms with E-state index in [1.807, 2.05) is 0 Å². The molecule has 0 amide bonds. The van der Waals surface area contributed by atoms with Crippen LogP contribution in [-0.2, 0) is 6.42 Å². The zero-order valence-electron chi connectivity index (χ0n) is 14.7. The number of hydrogen-bond acceptors (Lipinski definition) is 1. The number of hydrogen-bond donors (Lipinski definition) is 0. The Labute approximate surface area is 163 Å². The molecular weight excluding hydrogens is 409 g/mol. The molecule has 130 valence electrons. The van der Waals surface area contributed by atoms with Gasteiger partial charge in [0.15, 0.2) is 0 Å². The molecular formula is C21H28INO. The lowest BCUT2D eigenvalue weighted by Gasteiger charge is -2.44. The number of nitrogens with zero attached hydrogens (tertiary/aromatic N) is 1. The second kappa shape index (κ2) is 8.86. The monoisotopic (exact) mass is 437 g/mol. The highest BCUT2D eigenvalue weighted by Crippen LogP contribution is 2.34. The van der Waals surface area contributed by atoms with Gasteiger partial charge in [0, 0.05) is 12.0 Å². The van der Waals surface area contributed by atoms with Crippen LogP contribution in [-0.4, -0.2) is 31.7 Å². The number of likely N-dealkylation sites (tertiary alicyclic amines) is 1. The molecule has 1 saturated heterocycles. The van der Waals surface area contributed by atoms with Gasteiger partial charge in [0.25, 0.3) is 0 Å². The van der Waals surface area contributed by atoms with E-state index < -0.39 is 0 Å². The predicted octanol–water partition coefficient (Wildman–Crippen LogP) is 1.61. The summed E-state index contributed by atoms with van der Waals surface area (Å²) in [7, 11) is 4.17. The highest BCUT2D eigenvalue weighted by molar-refractivity contribution is 5.30. The van der Waals surface area contributed by atoms with Crippen molar-refractivity contribution in [3.05, 3.63) is 65.7 Å². The highest BCUT2D eigenvalue weighted by Gasteiger charge is 2.35. The quantitative estimate of drug-likeness (QED) is 0.511. The van der Waals surface area contributed by atoms with Gasteiger partial charge in [-0.15, -0.1) is 0 Å². The van der Waals surface area contributed by atoms with E-state index in [1.165, 1.54) is 43.5 Å². The Balaban J connectivity index is 0.00000208. The summed E-state index contributed by atoms with van der Waals surface area (Å²) in [4.78, 5) is 0. The van der Waals surface area contributed by atoms with Gasteiger partial charge in [-0.3, -0.25) is 0 Å². The van der Waals surface area contributed by atoms with E-state index in [9.17, 15) is 0 Å². The largest absolute Gasteiger partial charge is 1.00 e. The zero-order chi connectivity index (χ0) is 16.1. The summed E-state index contributed by atoms with van der Waals surface area (Å²) in [6.07, 6.45) is 5.17. The Morgan fingerprint density at radius 2 is 1.54 bits per heavy atom. The number of halogens is 1. The number of quaternary nitrogens is 1. The standard InChI is InChI=1S/C21H28NO.HI/c1-22(15-7-4-8-16-22)21(17-18-9-5-3-6-10-18)19-11-13-20(23-2)14-12-19;/h3,5-6,9-14,21H,4,7-8,15-17H2,1-2H3;1H/q+1;/p-1. The van der Waals surface area contributed by atoms with Crippen molar-refractivity contribution in [3.63, 3.8) is 0 Å². The van der Waals surface area contributed by atoms with Crippen LogP contribution in [0.15, 0.2) is 54.6 Å². The van der Waals surface area contributed by atoms with Crippen molar-refractivity contribution in [2.45, 2.75) is 31.7 Å². The van der Waals surface area contributed by atoms with Gasteiger partial charge in [-0.05, 0) is 49.1 Å². The molecule has 3 rings (SSSR count). The van der Waals surface area contributed by atoms with Crippen LogP contribution < -0.4 is 28.7 Å². The molecule has 0 radical (unpaired) electrons. The molecule has 2 nitrogen and oxygen atoms in total. The topological polar surface area (TPSA) is 9.23 Å². The van der Waals surface area contributed by atoms with Crippen molar-refractivity contribution < 1.29 is 33.2 Å². The molecule has 1 atom stereocenters. The number of ether oxygens (including phenoxy) is 1. The van der Waals surface area contributed by atoms with Gasteiger partial charge in [0.05, 0.1) is 27.2 Å². The van der Waals surface area contributed by atoms with E-state index in [0.29, 0.717) is 6.04 Å². The molecule has 2 aromatic carbocycles. The lowest BCUT2D eigenvalue weighted by Crippen LogP contribution is -3.00. The van der Waals surface area contributed by atoms with Gasteiger partial charge >= 0.3 is 0 Å². The first kappa shape index (κ1) is 19.3. The van der Waals surface area contributed by atoms with Crippen LogP contribution in [0, 0.1) is 0 Å². The van der Waals surface area contributed by atoms with Gasteiger partial charge < -0.3 is 33.2 Å². The van der Waals surface area contributed by atoms with Crippen LogP contribution in [0.5, 0.6) is 5.75 Å². The van der Waals surface area contributed by atoms with Crippen molar-refractivity contribution in [2.24, 2.45) is 0 Å². The molecule has 1 fully saturated rings. The Morgan fingerprint density at radius 1 is 0.917 bits per heavy atom. The van der Waals surface area contributed by atoms with Gasteiger partial charge in [-0.1, -0.05) is 30.3 Å². The van der Waals surface area contributed by atoms with Gasteiger partial charge in [0.2, 0.25) is 0 Å². The third-order valence-electron chi connectivity index (χ3n) is 5.36. The molecule has 0 N–H and O–H groups in total. The fourth-order valence-corrected chi connectivity index (χ4v) is 3.91.